The summed E-state index contributed by atoms with van der Waals surface area (Å²) in [6.45, 7) is 1.74. The largest absolute Gasteiger partial charge is 0.346 e. The molecule has 0 saturated carbocycles. The Morgan fingerprint density at radius 1 is 1.28 bits per heavy atom. The molecule has 1 atom stereocenters. The number of pyridine rings is 1. The van der Waals surface area contributed by atoms with E-state index in [0.717, 1.165) is 11.1 Å². The van der Waals surface area contributed by atoms with Crippen molar-refractivity contribution in [1.82, 2.24) is 10.3 Å². The first-order valence-corrected chi connectivity index (χ1v) is 9.78. The Balaban J connectivity index is 1.74. The van der Waals surface area contributed by atoms with Crippen LogP contribution in [0, 0.1) is 5.82 Å². The van der Waals surface area contributed by atoms with Gasteiger partial charge in [-0.15, -0.1) is 0 Å². The Bertz CT molecular complexity index is 914. The smallest absolute Gasteiger partial charge is 0.253 e. The van der Waals surface area contributed by atoms with E-state index < -0.39 is 15.4 Å². The van der Waals surface area contributed by atoms with Gasteiger partial charge in [0.15, 0.2) is 9.84 Å². The number of hydrogen-bond acceptors (Lipinski definition) is 4. The normalized spacial score (nSPS) is 21.8. The van der Waals surface area contributed by atoms with Gasteiger partial charge in [-0.2, -0.15) is 0 Å². The first-order valence-electron chi connectivity index (χ1n) is 7.96. The van der Waals surface area contributed by atoms with Crippen LogP contribution in [-0.2, 0) is 16.3 Å². The van der Waals surface area contributed by atoms with Crippen molar-refractivity contribution in [3.05, 3.63) is 65.2 Å². The highest BCUT2D eigenvalue weighted by molar-refractivity contribution is 7.91. The van der Waals surface area contributed by atoms with Gasteiger partial charge in [-0.25, -0.2) is 12.8 Å². The fourth-order valence-corrected chi connectivity index (χ4v) is 5.14. The van der Waals surface area contributed by atoms with Crippen molar-refractivity contribution in [1.29, 1.82) is 0 Å². The van der Waals surface area contributed by atoms with Gasteiger partial charge in [0.25, 0.3) is 5.91 Å². The highest BCUT2D eigenvalue weighted by Gasteiger charge is 2.39. The standard InChI is InChI=1S/C18H19FN2O3S/c1-18(5-6-25(23,24)12-18)21-17(22)15-8-14(10-20-11-15)7-13-3-2-4-16(19)9-13/h2-4,8-11H,5-7,12H2,1H3,(H,21,22). The van der Waals surface area contributed by atoms with Crippen LogP contribution in [0.2, 0.25) is 0 Å². The minimum absolute atomic E-state index is 0.0534. The summed E-state index contributed by atoms with van der Waals surface area (Å²) >= 11 is 0. The van der Waals surface area contributed by atoms with E-state index in [4.69, 9.17) is 0 Å². The number of hydrogen-bond donors (Lipinski definition) is 1. The van der Waals surface area contributed by atoms with E-state index in [2.05, 4.69) is 10.3 Å². The predicted octanol–water partition coefficient (Wildman–Crippen LogP) is 2.12. The van der Waals surface area contributed by atoms with Gasteiger partial charge in [0.1, 0.15) is 5.82 Å². The third-order valence-corrected chi connectivity index (χ3v) is 6.18. The van der Waals surface area contributed by atoms with E-state index in [9.17, 15) is 17.6 Å². The third-order valence-electron chi connectivity index (χ3n) is 4.27. The Labute approximate surface area is 146 Å². The molecule has 3 rings (SSSR count). The lowest BCUT2D eigenvalue weighted by Gasteiger charge is -2.23. The van der Waals surface area contributed by atoms with Gasteiger partial charge in [-0.05, 0) is 49.1 Å². The van der Waals surface area contributed by atoms with Gasteiger partial charge in [0, 0.05) is 12.4 Å². The SMILES string of the molecule is CC1(NC(=O)c2cncc(Cc3cccc(F)c3)c2)CCS(=O)(=O)C1. The highest BCUT2D eigenvalue weighted by atomic mass is 32.2. The van der Waals surface area contributed by atoms with Crippen LogP contribution >= 0.6 is 0 Å². The molecule has 1 aliphatic rings. The molecule has 0 aliphatic carbocycles. The van der Waals surface area contributed by atoms with E-state index in [-0.39, 0.29) is 23.2 Å². The molecule has 2 heterocycles. The molecule has 1 saturated heterocycles. The zero-order chi connectivity index (χ0) is 18.1. The minimum Gasteiger partial charge on any atom is -0.346 e. The molecule has 0 radical (unpaired) electrons. The number of nitrogens with one attached hydrogen (secondary N) is 1. The second kappa shape index (κ2) is 6.55. The average molecular weight is 362 g/mol. The Morgan fingerprint density at radius 2 is 2.08 bits per heavy atom. The summed E-state index contributed by atoms with van der Waals surface area (Å²) in [5.74, 6) is -0.632. The number of amides is 1. The maximum Gasteiger partial charge on any atom is 0.253 e. The average Bonchev–Trinajstić information content (AvgIpc) is 2.81. The molecule has 1 aromatic carbocycles. The molecule has 7 heteroatoms. The number of aromatic nitrogens is 1. The first-order chi connectivity index (χ1) is 11.7. The fraction of sp³-hybridized carbons (Fsp3) is 0.333. The lowest BCUT2D eigenvalue weighted by Crippen LogP contribution is -2.46. The number of nitrogens with zero attached hydrogens (tertiary/aromatic N) is 1. The van der Waals surface area contributed by atoms with Crippen molar-refractivity contribution < 1.29 is 17.6 Å². The molecule has 5 nitrogen and oxygen atoms in total. The van der Waals surface area contributed by atoms with E-state index in [1.165, 1.54) is 18.3 Å². The van der Waals surface area contributed by atoms with Crippen molar-refractivity contribution in [3.8, 4) is 0 Å². The van der Waals surface area contributed by atoms with Crippen molar-refractivity contribution >= 4 is 15.7 Å². The summed E-state index contributed by atoms with van der Waals surface area (Å²) < 4.78 is 36.6. The fourth-order valence-electron chi connectivity index (χ4n) is 3.05. The molecule has 1 N–H and O–H groups in total. The van der Waals surface area contributed by atoms with Crippen LogP contribution in [0.5, 0.6) is 0 Å². The van der Waals surface area contributed by atoms with Crippen molar-refractivity contribution in [3.63, 3.8) is 0 Å². The molecule has 1 aliphatic heterocycles. The molecular formula is C18H19FN2O3S. The number of carbonyl (C=O) groups excluding carboxylic acids is 1. The summed E-state index contributed by atoms with van der Waals surface area (Å²) in [6.07, 6.45) is 3.93. The van der Waals surface area contributed by atoms with Crippen molar-refractivity contribution in [2.75, 3.05) is 11.5 Å². The maximum atomic E-state index is 13.3. The Kier molecular flexibility index (Phi) is 4.60. The molecular weight excluding hydrogens is 343 g/mol. The number of rotatable bonds is 4. The minimum atomic E-state index is -3.10. The molecule has 0 bridgehead atoms. The Hall–Kier alpha value is -2.28. The van der Waals surface area contributed by atoms with Gasteiger partial charge in [0.2, 0.25) is 0 Å². The first kappa shape index (κ1) is 17.5. The van der Waals surface area contributed by atoms with Crippen molar-refractivity contribution in [2.24, 2.45) is 0 Å². The number of sulfone groups is 1. The van der Waals surface area contributed by atoms with Crippen LogP contribution in [-0.4, -0.2) is 36.4 Å². The van der Waals surface area contributed by atoms with E-state index in [0.29, 0.717) is 18.4 Å². The van der Waals surface area contributed by atoms with E-state index >= 15 is 0 Å². The van der Waals surface area contributed by atoms with Crippen LogP contribution in [0.4, 0.5) is 4.39 Å². The number of carbonyl (C=O) groups is 1. The molecule has 2 aromatic rings. The number of halogens is 1. The van der Waals surface area contributed by atoms with E-state index in [1.807, 2.05) is 0 Å². The summed E-state index contributed by atoms with van der Waals surface area (Å²) in [6, 6.07) is 7.95. The quantitative estimate of drug-likeness (QED) is 0.904. The lowest BCUT2D eigenvalue weighted by atomic mass is 10.0. The molecule has 1 aromatic heterocycles. The maximum absolute atomic E-state index is 13.3. The topological polar surface area (TPSA) is 76.1 Å². The molecule has 0 spiro atoms. The van der Waals surface area contributed by atoms with Gasteiger partial charge in [-0.3, -0.25) is 9.78 Å². The van der Waals surface area contributed by atoms with Gasteiger partial charge >= 0.3 is 0 Å². The second-order valence-electron chi connectivity index (χ2n) is 6.75. The van der Waals surface area contributed by atoms with Crippen LogP contribution in [0.15, 0.2) is 42.7 Å². The van der Waals surface area contributed by atoms with Gasteiger partial charge in [-0.1, -0.05) is 12.1 Å². The molecule has 132 valence electrons. The third kappa shape index (κ3) is 4.42. The zero-order valence-corrected chi connectivity index (χ0v) is 14.6. The zero-order valence-electron chi connectivity index (χ0n) is 13.8. The van der Waals surface area contributed by atoms with Crippen LogP contribution in [0.1, 0.15) is 34.8 Å². The van der Waals surface area contributed by atoms with E-state index in [1.54, 1.807) is 31.3 Å². The molecule has 1 amide bonds. The summed E-state index contributed by atoms with van der Waals surface area (Å²) in [7, 11) is -3.10. The summed E-state index contributed by atoms with van der Waals surface area (Å²) in [4.78, 5) is 16.5. The van der Waals surface area contributed by atoms with Crippen molar-refractivity contribution in [2.45, 2.75) is 25.3 Å². The summed E-state index contributed by atoms with van der Waals surface area (Å²) in [5, 5.41) is 2.81. The molecule has 25 heavy (non-hydrogen) atoms. The van der Waals surface area contributed by atoms with Crippen LogP contribution < -0.4 is 5.32 Å². The summed E-state index contributed by atoms with van der Waals surface area (Å²) in [5.41, 5.74) is 1.17. The van der Waals surface area contributed by atoms with Gasteiger partial charge in [0.05, 0.1) is 22.6 Å². The lowest BCUT2D eigenvalue weighted by molar-refractivity contribution is 0.0915. The highest BCUT2D eigenvalue weighted by Crippen LogP contribution is 2.23. The van der Waals surface area contributed by atoms with Crippen LogP contribution in [0.25, 0.3) is 0 Å². The second-order valence-corrected chi connectivity index (χ2v) is 8.93. The van der Waals surface area contributed by atoms with Gasteiger partial charge < -0.3 is 5.32 Å². The molecule has 1 unspecified atom stereocenters. The predicted molar refractivity (Wildman–Crippen MR) is 92.6 cm³/mol. The number of benzene rings is 1. The van der Waals surface area contributed by atoms with Crippen LogP contribution in [0.3, 0.4) is 0 Å². The molecule has 1 fully saturated rings. The Morgan fingerprint density at radius 3 is 2.76 bits per heavy atom. The monoisotopic (exact) mass is 362 g/mol.